The Labute approximate surface area is 151 Å². The molecular weight excluding hydrogens is 344 g/mol. The molecule has 5 nitrogen and oxygen atoms in total. The van der Waals surface area contributed by atoms with Gasteiger partial charge >= 0.3 is 11.9 Å². The van der Waals surface area contributed by atoms with Crippen molar-refractivity contribution in [3.05, 3.63) is 41.5 Å². The summed E-state index contributed by atoms with van der Waals surface area (Å²) in [4.78, 5) is 37.2. The Morgan fingerprint density at radius 1 is 1.08 bits per heavy atom. The van der Waals surface area contributed by atoms with Gasteiger partial charge in [0.25, 0.3) is 0 Å². The van der Waals surface area contributed by atoms with Gasteiger partial charge < -0.3 is 9.47 Å². The molecule has 0 bridgehead atoms. The Hall–Kier alpha value is -2.14. The standard InChI is InChI=1S/C19H21ClO5/c1-3-24-18(22)16(19(23)25-4-2)15-13(10-11-14(15)21)17(20)12-8-6-5-7-9-12/h5-9,15-16H,3-4,10-11H2,1-2H3/b17-13+. The minimum atomic E-state index is -1.32. The highest BCUT2D eigenvalue weighted by Crippen LogP contribution is 2.41. The van der Waals surface area contributed by atoms with E-state index in [1.807, 2.05) is 30.3 Å². The van der Waals surface area contributed by atoms with Crippen molar-refractivity contribution in [3.63, 3.8) is 0 Å². The maximum atomic E-state index is 12.5. The molecule has 0 aliphatic heterocycles. The lowest BCUT2D eigenvalue weighted by Crippen LogP contribution is -2.37. The smallest absolute Gasteiger partial charge is 0.321 e. The summed E-state index contributed by atoms with van der Waals surface area (Å²) in [6, 6.07) is 9.16. The van der Waals surface area contributed by atoms with Crippen LogP contribution >= 0.6 is 11.6 Å². The van der Waals surface area contributed by atoms with Crippen LogP contribution in [0.15, 0.2) is 35.9 Å². The van der Waals surface area contributed by atoms with Crippen LogP contribution in [0.25, 0.3) is 5.03 Å². The Kier molecular flexibility index (Phi) is 6.76. The van der Waals surface area contributed by atoms with Gasteiger partial charge in [-0.25, -0.2) is 0 Å². The number of hydrogen-bond donors (Lipinski definition) is 0. The number of benzene rings is 1. The molecule has 1 aromatic rings. The summed E-state index contributed by atoms with van der Waals surface area (Å²) in [6.07, 6.45) is 0.644. The van der Waals surface area contributed by atoms with Crippen molar-refractivity contribution in [1.29, 1.82) is 0 Å². The second kappa shape index (κ2) is 8.81. The van der Waals surface area contributed by atoms with Crippen molar-refractivity contribution < 1.29 is 23.9 Å². The predicted octanol–water partition coefficient (Wildman–Crippen LogP) is 3.36. The molecule has 0 heterocycles. The summed E-state index contributed by atoms with van der Waals surface area (Å²) in [5.74, 6) is -3.96. The predicted molar refractivity (Wildman–Crippen MR) is 93.7 cm³/mol. The summed E-state index contributed by atoms with van der Waals surface area (Å²) in [5, 5.41) is 0.398. The van der Waals surface area contributed by atoms with E-state index >= 15 is 0 Å². The van der Waals surface area contributed by atoms with Gasteiger partial charge in [-0.05, 0) is 31.4 Å². The van der Waals surface area contributed by atoms with E-state index in [4.69, 9.17) is 21.1 Å². The monoisotopic (exact) mass is 364 g/mol. The molecule has 0 radical (unpaired) electrons. The first-order valence-corrected chi connectivity index (χ1v) is 8.68. The number of rotatable bonds is 6. The van der Waals surface area contributed by atoms with E-state index in [1.54, 1.807) is 13.8 Å². The molecule has 0 amide bonds. The number of ketones is 1. The molecule has 1 saturated carbocycles. The lowest BCUT2D eigenvalue weighted by molar-refractivity contribution is -0.165. The fourth-order valence-electron chi connectivity index (χ4n) is 3.00. The second-order valence-electron chi connectivity index (χ2n) is 5.63. The first-order chi connectivity index (χ1) is 12.0. The summed E-state index contributed by atoms with van der Waals surface area (Å²) in [5.41, 5.74) is 1.33. The van der Waals surface area contributed by atoms with Crippen LogP contribution in [-0.2, 0) is 23.9 Å². The van der Waals surface area contributed by atoms with Crippen LogP contribution in [0.2, 0.25) is 0 Å². The van der Waals surface area contributed by atoms with Crippen molar-refractivity contribution in [1.82, 2.24) is 0 Å². The quantitative estimate of drug-likeness (QED) is 0.571. The maximum Gasteiger partial charge on any atom is 0.321 e. The van der Waals surface area contributed by atoms with E-state index in [9.17, 15) is 14.4 Å². The number of esters is 2. The minimum absolute atomic E-state index is 0.112. The molecule has 1 fully saturated rings. The van der Waals surface area contributed by atoms with Gasteiger partial charge in [0.1, 0.15) is 5.78 Å². The molecule has 1 atom stereocenters. The number of ether oxygens (including phenoxy) is 2. The Balaban J connectivity index is 2.47. The molecule has 1 aliphatic carbocycles. The number of halogens is 1. The summed E-state index contributed by atoms with van der Waals surface area (Å²) < 4.78 is 10.0. The molecule has 1 unspecified atom stereocenters. The van der Waals surface area contributed by atoms with Crippen LogP contribution in [-0.4, -0.2) is 30.9 Å². The van der Waals surface area contributed by atoms with Gasteiger partial charge in [0.15, 0.2) is 5.92 Å². The SMILES string of the molecule is CCOC(=O)C(C(=O)OCC)C1C(=O)CC/C1=C(\Cl)c1ccccc1. The highest BCUT2D eigenvalue weighted by molar-refractivity contribution is 6.49. The third-order valence-electron chi connectivity index (χ3n) is 4.09. The third-order valence-corrected chi connectivity index (χ3v) is 4.55. The van der Waals surface area contributed by atoms with E-state index < -0.39 is 23.8 Å². The van der Waals surface area contributed by atoms with Crippen molar-refractivity contribution in [2.45, 2.75) is 26.7 Å². The van der Waals surface area contributed by atoms with Crippen LogP contribution in [0.3, 0.4) is 0 Å². The fraction of sp³-hybridized carbons (Fsp3) is 0.421. The van der Waals surface area contributed by atoms with Crippen molar-refractivity contribution in [2.24, 2.45) is 11.8 Å². The van der Waals surface area contributed by atoms with Crippen molar-refractivity contribution in [2.75, 3.05) is 13.2 Å². The normalized spacial score (nSPS) is 19.0. The zero-order chi connectivity index (χ0) is 18.4. The molecule has 6 heteroatoms. The number of hydrogen-bond acceptors (Lipinski definition) is 5. The molecule has 25 heavy (non-hydrogen) atoms. The third kappa shape index (κ3) is 4.28. The molecule has 1 aliphatic rings. The fourth-order valence-corrected chi connectivity index (χ4v) is 3.34. The maximum absolute atomic E-state index is 12.5. The zero-order valence-electron chi connectivity index (χ0n) is 14.3. The van der Waals surface area contributed by atoms with Gasteiger partial charge in [-0.3, -0.25) is 14.4 Å². The molecule has 0 spiro atoms. The average Bonchev–Trinajstić information content (AvgIpc) is 2.97. The number of Topliss-reactive ketones (excluding diaryl/α,β-unsaturated/α-hetero) is 1. The van der Waals surface area contributed by atoms with Gasteiger partial charge in [-0.2, -0.15) is 0 Å². The first kappa shape index (κ1) is 19.2. The Morgan fingerprint density at radius 3 is 2.16 bits per heavy atom. The minimum Gasteiger partial charge on any atom is -0.465 e. The van der Waals surface area contributed by atoms with Gasteiger partial charge in [-0.15, -0.1) is 0 Å². The Morgan fingerprint density at radius 2 is 1.64 bits per heavy atom. The van der Waals surface area contributed by atoms with Crippen molar-refractivity contribution >= 4 is 34.4 Å². The molecule has 1 aromatic carbocycles. The van der Waals surface area contributed by atoms with Crippen LogP contribution in [0.1, 0.15) is 32.3 Å². The van der Waals surface area contributed by atoms with Crippen molar-refractivity contribution in [3.8, 4) is 0 Å². The van der Waals surface area contributed by atoms with Gasteiger partial charge in [0, 0.05) is 11.5 Å². The molecule has 2 rings (SSSR count). The largest absolute Gasteiger partial charge is 0.465 e. The summed E-state index contributed by atoms with van der Waals surface area (Å²) in [6.45, 7) is 3.51. The molecule has 0 aromatic heterocycles. The highest BCUT2D eigenvalue weighted by Gasteiger charge is 2.46. The summed E-state index contributed by atoms with van der Waals surface area (Å²) in [7, 11) is 0. The lowest BCUT2D eigenvalue weighted by Gasteiger charge is -2.21. The topological polar surface area (TPSA) is 69.7 Å². The van der Waals surface area contributed by atoms with E-state index in [0.29, 0.717) is 17.0 Å². The van der Waals surface area contributed by atoms with Crippen LogP contribution in [0, 0.1) is 11.8 Å². The molecule has 0 saturated heterocycles. The van der Waals surface area contributed by atoms with Crippen LogP contribution < -0.4 is 0 Å². The van der Waals surface area contributed by atoms with Crippen LogP contribution in [0.4, 0.5) is 0 Å². The van der Waals surface area contributed by atoms with E-state index in [1.165, 1.54) is 0 Å². The lowest BCUT2D eigenvalue weighted by atomic mass is 9.86. The molecule has 0 N–H and O–H groups in total. The zero-order valence-corrected chi connectivity index (χ0v) is 15.0. The van der Waals surface area contributed by atoms with E-state index in [-0.39, 0.29) is 25.4 Å². The number of allylic oxidation sites excluding steroid dienone is 1. The second-order valence-corrected chi connectivity index (χ2v) is 6.01. The van der Waals surface area contributed by atoms with Crippen LogP contribution in [0.5, 0.6) is 0 Å². The van der Waals surface area contributed by atoms with Gasteiger partial charge in [-0.1, -0.05) is 41.9 Å². The molecular formula is C19H21ClO5. The summed E-state index contributed by atoms with van der Waals surface area (Å²) >= 11 is 6.50. The highest BCUT2D eigenvalue weighted by atomic mass is 35.5. The number of carbonyl (C=O) groups is 3. The van der Waals surface area contributed by atoms with Gasteiger partial charge in [0.2, 0.25) is 0 Å². The van der Waals surface area contributed by atoms with E-state index in [0.717, 1.165) is 5.56 Å². The molecule has 134 valence electrons. The first-order valence-electron chi connectivity index (χ1n) is 8.31. The van der Waals surface area contributed by atoms with Gasteiger partial charge in [0.05, 0.1) is 19.1 Å². The average molecular weight is 365 g/mol. The number of carbonyl (C=O) groups excluding carboxylic acids is 3. The van der Waals surface area contributed by atoms with E-state index in [2.05, 4.69) is 0 Å². The Bertz CT molecular complexity index is 662.